The number of nitrogens with two attached hydrogens (primary N) is 1. The maximum Gasteiger partial charge on any atom is 0.251 e. The van der Waals surface area contributed by atoms with Gasteiger partial charge in [0.15, 0.2) is 0 Å². The van der Waals surface area contributed by atoms with Gasteiger partial charge in [0, 0.05) is 19.6 Å². The van der Waals surface area contributed by atoms with Crippen LogP contribution in [0.15, 0.2) is 0 Å². The SMILES string of the molecule is CCCC1CCC(CN)(OC(C)C(=O)N2CCCC2)CC1. The van der Waals surface area contributed by atoms with E-state index in [-0.39, 0.29) is 17.6 Å². The Morgan fingerprint density at radius 1 is 1.33 bits per heavy atom. The van der Waals surface area contributed by atoms with Crippen LogP contribution in [0.4, 0.5) is 0 Å². The maximum absolute atomic E-state index is 12.4. The standard InChI is InChI=1S/C17H32N2O2/c1-3-6-15-7-9-17(13-18,10-8-15)21-14(2)16(20)19-11-4-5-12-19/h14-15H,3-13,18H2,1-2H3. The van der Waals surface area contributed by atoms with Crippen LogP contribution in [0.3, 0.4) is 0 Å². The predicted octanol–water partition coefficient (Wildman–Crippen LogP) is 2.70. The van der Waals surface area contributed by atoms with Crippen molar-refractivity contribution < 1.29 is 9.53 Å². The largest absolute Gasteiger partial charge is 0.361 e. The van der Waals surface area contributed by atoms with Crippen molar-refractivity contribution in [3.63, 3.8) is 0 Å². The van der Waals surface area contributed by atoms with Crippen LogP contribution in [0.25, 0.3) is 0 Å². The molecule has 2 N–H and O–H groups in total. The lowest BCUT2D eigenvalue weighted by Gasteiger charge is -2.41. The fraction of sp³-hybridized carbons (Fsp3) is 0.941. The van der Waals surface area contributed by atoms with Gasteiger partial charge in [-0.15, -0.1) is 0 Å². The molecule has 0 bridgehead atoms. The molecule has 21 heavy (non-hydrogen) atoms. The first-order valence-electron chi connectivity index (χ1n) is 8.77. The van der Waals surface area contributed by atoms with E-state index in [4.69, 9.17) is 10.5 Å². The molecule has 0 spiro atoms. The van der Waals surface area contributed by atoms with Crippen molar-refractivity contribution in [3.8, 4) is 0 Å². The van der Waals surface area contributed by atoms with E-state index < -0.39 is 0 Å². The Kier molecular flexibility index (Phi) is 6.06. The summed E-state index contributed by atoms with van der Waals surface area (Å²) in [6, 6.07) is 0. The van der Waals surface area contributed by atoms with Gasteiger partial charge in [-0.1, -0.05) is 19.8 Å². The molecule has 2 fully saturated rings. The first-order chi connectivity index (χ1) is 10.1. The second-order valence-corrected chi connectivity index (χ2v) is 6.91. The maximum atomic E-state index is 12.4. The van der Waals surface area contributed by atoms with Crippen LogP contribution >= 0.6 is 0 Å². The minimum Gasteiger partial charge on any atom is -0.361 e. The van der Waals surface area contributed by atoms with Crippen molar-refractivity contribution >= 4 is 5.91 Å². The van der Waals surface area contributed by atoms with Gasteiger partial charge in [-0.05, 0) is 51.4 Å². The molecule has 1 saturated heterocycles. The average molecular weight is 296 g/mol. The Labute approximate surface area is 129 Å². The Balaban J connectivity index is 1.87. The van der Waals surface area contributed by atoms with Gasteiger partial charge in [0.2, 0.25) is 0 Å². The Morgan fingerprint density at radius 3 is 2.48 bits per heavy atom. The van der Waals surface area contributed by atoms with Gasteiger partial charge < -0.3 is 15.4 Å². The number of hydrogen-bond acceptors (Lipinski definition) is 3. The zero-order valence-corrected chi connectivity index (χ0v) is 13.8. The zero-order chi connectivity index (χ0) is 15.3. The smallest absolute Gasteiger partial charge is 0.251 e. The van der Waals surface area contributed by atoms with Gasteiger partial charge >= 0.3 is 0 Å². The van der Waals surface area contributed by atoms with E-state index in [1.165, 1.54) is 25.7 Å². The van der Waals surface area contributed by atoms with Gasteiger partial charge in [0.05, 0.1) is 5.60 Å². The van der Waals surface area contributed by atoms with Crippen molar-refractivity contribution in [1.82, 2.24) is 4.90 Å². The van der Waals surface area contributed by atoms with Gasteiger partial charge in [-0.3, -0.25) is 4.79 Å². The van der Waals surface area contributed by atoms with Gasteiger partial charge in [-0.25, -0.2) is 0 Å². The fourth-order valence-corrected chi connectivity index (χ4v) is 3.89. The predicted molar refractivity (Wildman–Crippen MR) is 85.0 cm³/mol. The molecule has 0 aromatic carbocycles. The number of nitrogens with zero attached hydrogens (tertiary/aromatic N) is 1. The zero-order valence-electron chi connectivity index (χ0n) is 13.8. The monoisotopic (exact) mass is 296 g/mol. The summed E-state index contributed by atoms with van der Waals surface area (Å²) >= 11 is 0. The molecule has 1 amide bonds. The van der Waals surface area contributed by atoms with Crippen LogP contribution in [0.1, 0.15) is 65.2 Å². The molecule has 1 aliphatic carbocycles. The summed E-state index contributed by atoms with van der Waals surface area (Å²) in [6.07, 6.45) is 8.85. The number of ether oxygens (including phenoxy) is 1. The third-order valence-corrected chi connectivity index (χ3v) is 5.28. The molecule has 1 atom stereocenters. The van der Waals surface area contributed by atoms with Crippen LogP contribution < -0.4 is 5.73 Å². The normalized spacial score (nSPS) is 31.4. The van der Waals surface area contributed by atoms with E-state index >= 15 is 0 Å². The van der Waals surface area contributed by atoms with E-state index in [2.05, 4.69) is 6.92 Å². The molecule has 1 saturated carbocycles. The number of amides is 1. The van der Waals surface area contributed by atoms with Crippen molar-refractivity contribution in [3.05, 3.63) is 0 Å². The molecule has 1 heterocycles. The Morgan fingerprint density at radius 2 is 1.95 bits per heavy atom. The lowest BCUT2D eigenvalue weighted by Crippen LogP contribution is -2.49. The average Bonchev–Trinajstić information content (AvgIpc) is 3.03. The first kappa shape index (κ1) is 16.8. The molecular formula is C17H32N2O2. The summed E-state index contributed by atoms with van der Waals surface area (Å²) in [5.74, 6) is 0.971. The van der Waals surface area contributed by atoms with Crippen molar-refractivity contribution in [2.75, 3.05) is 19.6 Å². The third-order valence-electron chi connectivity index (χ3n) is 5.28. The summed E-state index contributed by atoms with van der Waals surface area (Å²) in [5.41, 5.74) is 5.74. The highest BCUT2D eigenvalue weighted by Crippen LogP contribution is 2.37. The summed E-state index contributed by atoms with van der Waals surface area (Å²) in [7, 11) is 0. The highest BCUT2D eigenvalue weighted by atomic mass is 16.5. The summed E-state index contributed by atoms with van der Waals surface area (Å²) in [6.45, 7) is 6.46. The van der Waals surface area contributed by atoms with Crippen LogP contribution in [0.2, 0.25) is 0 Å². The Bertz CT molecular complexity index is 332. The van der Waals surface area contributed by atoms with Gasteiger partial charge in [0.25, 0.3) is 5.91 Å². The fourth-order valence-electron chi connectivity index (χ4n) is 3.89. The van der Waals surface area contributed by atoms with E-state index in [0.717, 1.165) is 44.7 Å². The highest BCUT2D eigenvalue weighted by Gasteiger charge is 2.38. The first-order valence-corrected chi connectivity index (χ1v) is 8.77. The second-order valence-electron chi connectivity index (χ2n) is 6.91. The van der Waals surface area contributed by atoms with Crippen molar-refractivity contribution in [1.29, 1.82) is 0 Å². The molecule has 1 unspecified atom stereocenters. The summed E-state index contributed by atoms with van der Waals surface area (Å²) < 4.78 is 6.21. The third kappa shape index (κ3) is 4.19. The molecule has 2 rings (SSSR count). The van der Waals surface area contributed by atoms with Crippen molar-refractivity contribution in [2.45, 2.75) is 76.9 Å². The Hall–Kier alpha value is -0.610. The molecular weight excluding hydrogens is 264 g/mol. The van der Waals surface area contributed by atoms with E-state index in [0.29, 0.717) is 6.54 Å². The summed E-state index contributed by atoms with van der Waals surface area (Å²) in [5, 5.41) is 0. The van der Waals surface area contributed by atoms with E-state index in [9.17, 15) is 4.79 Å². The van der Waals surface area contributed by atoms with Crippen LogP contribution in [0.5, 0.6) is 0 Å². The minimum atomic E-state index is -0.352. The lowest BCUT2D eigenvalue weighted by molar-refractivity contribution is -0.159. The van der Waals surface area contributed by atoms with Crippen molar-refractivity contribution in [2.24, 2.45) is 11.7 Å². The van der Waals surface area contributed by atoms with Crippen LogP contribution in [-0.4, -0.2) is 42.1 Å². The number of hydrogen-bond donors (Lipinski definition) is 1. The topological polar surface area (TPSA) is 55.6 Å². The number of carbonyl (C=O) groups excluding carboxylic acids is 1. The van der Waals surface area contributed by atoms with E-state index in [1.807, 2.05) is 11.8 Å². The molecule has 0 radical (unpaired) electrons. The van der Waals surface area contributed by atoms with Gasteiger partial charge in [0.1, 0.15) is 6.10 Å². The molecule has 0 aromatic rings. The number of likely N-dealkylation sites (tertiary alicyclic amines) is 1. The van der Waals surface area contributed by atoms with Crippen LogP contribution in [-0.2, 0) is 9.53 Å². The minimum absolute atomic E-state index is 0.149. The molecule has 0 aromatic heterocycles. The molecule has 2 aliphatic rings. The lowest BCUT2D eigenvalue weighted by atomic mass is 9.77. The molecule has 4 heteroatoms. The second kappa shape index (κ2) is 7.59. The van der Waals surface area contributed by atoms with Gasteiger partial charge in [-0.2, -0.15) is 0 Å². The van der Waals surface area contributed by atoms with Crippen LogP contribution in [0, 0.1) is 5.92 Å². The molecule has 122 valence electrons. The van der Waals surface area contributed by atoms with E-state index in [1.54, 1.807) is 0 Å². The molecule has 4 nitrogen and oxygen atoms in total. The summed E-state index contributed by atoms with van der Waals surface area (Å²) in [4.78, 5) is 14.3. The molecule has 1 aliphatic heterocycles. The number of carbonyl (C=O) groups is 1. The highest BCUT2D eigenvalue weighted by molar-refractivity contribution is 5.80. The number of rotatable bonds is 6. The quantitative estimate of drug-likeness (QED) is 0.820.